The van der Waals surface area contributed by atoms with Crippen molar-refractivity contribution in [1.82, 2.24) is 0 Å². The largest absolute Gasteiger partial charge is 0.394 e. The fourth-order valence-electron chi connectivity index (χ4n) is 2.11. The molecule has 4 nitrogen and oxygen atoms in total. The number of ether oxygens (including phenoxy) is 1. The summed E-state index contributed by atoms with van der Waals surface area (Å²) in [6, 6.07) is 9.71. The lowest BCUT2D eigenvalue weighted by atomic mass is 9.86. The molecule has 0 radical (unpaired) electrons. The molecule has 0 aromatic heterocycles. The van der Waals surface area contributed by atoms with Gasteiger partial charge in [0, 0.05) is 13.5 Å². The Morgan fingerprint density at radius 1 is 1.44 bits per heavy atom. The van der Waals surface area contributed by atoms with Crippen LogP contribution in [0.25, 0.3) is 0 Å². The van der Waals surface area contributed by atoms with E-state index in [9.17, 15) is 5.11 Å². The Labute approximate surface area is 94.7 Å². The van der Waals surface area contributed by atoms with Gasteiger partial charge in [0.15, 0.2) is 5.60 Å². The van der Waals surface area contributed by atoms with Gasteiger partial charge in [0.2, 0.25) is 0 Å². The van der Waals surface area contributed by atoms with Gasteiger partial charge >= 0.3 is 0 Å². The molecule has 1 aromatic rings. The number of hydrogen-bond acceptors (Lipinski definition) is 4. The second-order valence-electron chi connectivity index (χ2n) is 3.82. The van der Waals surface area contributed by atoms with Crippen LogP contribution in [0.3, 0.4) is 0 Å². The predicted molar refractivity (Wildman–Crippen MR) is 57.7 cm³/mol. The van der Waals surface area contributed by atoms with Gasteiger partial charge in [-0.2, -0.15) is 0 Å². The topological polar surface area (TPSA) is 47.9 Å². The average molecular weight is 224 g/mol. The highest BCUT2D eigenvalue weighted by Gasteiger charge is 2.46. The number of hydrogen-bond donors (Lipinski definition) is 1. The number of rotatable bonds is 4. The molecule has 1 aliphatic heterocycles. The Hall–Kier alpha value is -0.940. The van der Waals surface area contributed by atoms with Crippen LogP contribution in [0.2, 0.25) is 0 Å². The van der Waals surface area contributed by atoms with E-state index in [1.54, 1.807) is 7.11 Å². The van der Waals surface area contributed by atoms with Crippen molar-refractivity contribution in [2.45, 2.75) is 18.1 Å². The molecule has 0 saturated carbocycles. The lowest BCUT2D eigenvalue weighted by molar-refractivity contribution is -0.336. The smallest absolute Gasteiger partial charge is 0.159 e. The maximum atomic E-state index is 9.35. The third kappa shape index (κ3) is 1.85. The second kappa shape index (κ2) is 4.93. The Morgan fingerprint density at radius 3 is 2.69 bits per heavy atom. The molecule has 4 heteroatoms. The van der Waals surface area contributed by atoms with Crippen molar-refractivity contribution in [3.05, 3.63) is 35.9 Å². The SMILES string of the molecule is COC(CO)C1(c2ccccc2)CCOO1. The van der Waals surface area contributed by atoms with Gasteiger partial charge in [-0.15, -0.1) is 0 Å². The normalized spacial score (nSPS) is 26.9. The summed E-state index contributed by atoms with van der Waals surface area (Å²) >= 11 is 0. The minimum atomic E-state index is -0.690. The molecule has 0 spiro atoms. The van der Waals surface area contributed by atoms with E-state index in [-0.39, 0.29) is 6.61 Å². The monoisotopic (exact) mass is 224 g/mol. The molecule has 2 unspecified atom stereocenters. The van der Waals surface area contributed by atoms with Gasteiger partial charge in [0.05, 0.1) is 13.2 Å². The molecule has 1 N–H and O–H groups in total. The van der Waals surface area contributed by atoms with Gasteiger partial charge in [-0.05, 0) is 5.56 Å². The number of methoxy groups -OCH3 is 1. The van der Waals surface area contributed by atoms with Gasteiger partial charge in [0.25, 0.3) is 0 Å². The average Bonchev–Trinajstić information content (AvgIpc) is 2.82. The van der Waals surface area contributed by atoms with Crippen molar-refractivity contribution in [2.75, 3.05) is 20.3 Å². The quantitative estimate of drug-likeness (QED) is 0.782. The Balaban J connectivity index is 2.35. The van der Waals surface area contributed by atoms with Crippen LogP contribution in [0.15, 0.2) is 30.3 Å². The molecule has 0 aliphatic carbocycles. The van der Waals surface area contributed by atoms with Crippen LogP contribution in [-0.2, 0) is 20.1 Å². The maximum Gasteiger partial charge on any atom is 0.159 e. The maximum absolute atomic E-state index is 9.35. The van der Waals surface area contributed by atoms with Crippen molar-refractivity contribution >= 4 is 0 Å². The molecule has 1 aliphatic rings. The fraction of sp³-hybridized carbons (Fsp3) is 0.500. The van der Waals surface area contributed by atoms with E-state index in [0.29, 0.717) is 13.0 Å². The van der Waals surface area contributed by atoms with Gasteiger partial charge in [-0.25, -0.2) is 9.78 Å². The fourth-order valence-corrected chi connectivity index (χ4v) is 2.11. The summed E-state index contributed by atoms with van der Waals surface area (Å²) in [4.78, 5) is 10.4. The summed E-state index contributed by atoms with van der Waals surface area (Å²) in [6.07, 6.45) is 0.258. The van der Waals surface area contributed by atoms with Crippen molar-refractivity contribution < 1.29 is 19.6 Å². The molecule has 2 atom stereocenters. The van der Waals surface area contributed by atoms with E-state index in [1.165, 1.54) is 0 Å². The summed E-state index contributed by atoms with van der Waals surface area (Å²) in [5.74, 6) is 0. The zero-order valence-electron chi connectivity index (χ0n) is 9.26. The Bertz CT molecular complexity index is 315. The van der Waals surface area contributed by atoms with Crippen molar-refractivity contribution in [3.8, 4) is 0 Å². The van der Waals surface area contributed by atoms with Gasteiger partial charge < -0.3 is 9.84 Å². The molecule has 1 saturated heterocycles. The Kier molecular flexibility index (Phi) is 3.56. The number of benzene rings is 1. The van der Waals surface area contributed by atoms with E-state index in [0.717, 1.165) is 5.56 Å². The minimum Gasteiger partial charge on any atom is -0.394 e. The molecular weight excluding hydrogens is 208 g/mol. The Morgan fingerprint density at radius 2 is 2.19 bits per heavy atom. The van der Waals surface area contributed by atoms with E-state index in [2.05, 4.69) is 0 Å². The van der Waals surface area contributed by atoms with Gasteiger partial charge in [-0.3, -0.25) is 0 Å². The van der Waals surface area contributed by atoms with E-state index >= 15 is 0 Å². The molecular formula is C12H16O4. The molecule has 0 bridgehead atoms. The number of aliphatic hydroxyl groups excluding tert-OH is 1. The van der Waals surface area contributed by atoms with Crippen LogP contribution in [-0.4, -0.2) is 31.5 Å². The number of aliphatic hydroxyl groups is 1. The summed E-state index contributed by atoms with van der Waals surface area (Å²) in [5, 5.41) is 9.35. The molecule has 88 valence electrons. The molecule has 1 fully saturated rings. The van der Waals surface area contributed by atoms with Crippen LogP contribution in [0.5, 0.6) is 0 Å². The van der Waals surface area contributed by atoms with E-state index in [1.807, 2.05) is 30.3 Å². The summed E-state index contributed by atoms with van der Waals surface area (Å²) in [6.45, 7) is 0.406. The molecule has 1 heterocycles. The first kappa shape index (κ1) is 11.5. The minimum absolute atomic E-state index is 0.102. The van der Waals surface area contributed by atoms with Crippen molar-refractivity contribution in [3.63, 3.8) is 0 Å². The van der Waals surface area contributed by atoms with Crippen LogP contribution in [0.4, 0.5) is 0 Å². The first-order chi connectivity index (χ1) is 7.83. The summed E-state index contributed by atoms with van der Waals surface area (Å²) in [7, 11) is 1.56. The third-order valence-corrected chi connectivity index (χ3v) is 3.00. The van der Waals surface area contributed by atoms with E-state index < -0.39 is 11.7 Å². The zero-order chi connectivity index (χ0) is 11.4. The molecule has 0 amide bonds. The molecule has 2 rings (SSSR count). The van der Waals surface area contributed by atoms with Crippen molar-refractivity contribution in [2.24, 2.45) is 0 Å². The standard InChI is InChI=1S/C12H16O4/c1-14-11(9-13)12(7-8-15-16-12)10-5-3-2-4-6-10/h2-6,11,13H,7-9H2,1H3. The second-order valence-corrected chi connectivity index (χ2v) is 3.82. The summed E-state index contributed by atoms with van der Waals surface area (Å²) in [5.41, 5.74) is 0.276. The van der Waals surface area contributed by atoms with Crippen molar-refractivity contribution in [1.29, 1.82) is 0 Å². The highest BCUT2D eigenvalue weighted by molar-refractivity contribution is 5.24. The van der Waals surface area contributed by atoms with Crippen LogP contribution < -0.4 is 0 Å². The van der Waals surface area contributed by atoms with Crippen LogP contribution >= 0.6 is 0 Å². The van der Waals surface area contributed by atoms with Crippen LogP contribution in [0.1, 0.15) is 12.0 Å². The summed E-state index contributed by atoms with van der Waals surface area (Å²) < 4.78 is 5.29. The molecule has 16 heavy (non-hydrogen) atoms. The first-order valence-corrected chi connectivity index (χ1v) is 5.33. The highest BCUT2D eigenvalue weighted by Crippen LogP contribution is 2.38. The third-order valence-electron chi connectivity index (χ3n) is 3.00. The highest BCUT2D eigenvalue weighted by atomic mass is 17.2. The van der Waals surface area contributed by atoms with Crippen LogP contribution in [0, 0.1) is 0 Å². The lowest BCUT2D eigenvalue weighted by Gasteiger charge is -2.32. The van der Waals surface area contributed by atoms with E-state index in [4.69, 9.17) is 14.5 Å². The first-order valence-electron chi connectivity index (χ1n) is 5.33. The zero-order valence-corrected chi connectivity index (χ0v) is 9.26. The molecule has 1 aromatic carbocycles. The van der Waals surface area contributed by atoms with Gasteiger partial charge in [0.1, 0.15) is 6.10 Å². The predicted octanol–water partition coefficient (Wildman–Crippen LogP) is 1.24. The lowest BCUT2D eigenvalue weighted by Crippen LogP contribution is -2.42. The van der Waals surface area contributed by atoms with Gasteiger partial charge in [-0.1, -0.05) is 30.3 Å².